The molecular formula is C10H15NO. The van der Waals surface area contributed by atoms with Crippen molar-refractivity contribution >= 4 is 0 Å². The molecule has 0 radical (unpaired) electrons. The van der Waals surface area contributed by atoms with Crippen molar-refractivity contribution in [3.05, 3.63) is 0 Å². The first-order valence-electron chi connectivity index (χ1n) is 5.17. The molecule has 0 saturated heterocycles. The first-order valence-corrected chi connectivity index (χ1v) is 5.17. The van der Waals surface area contributed by atoms with Crippen LogP contribution in [0.4, 0.5) is 0 Å². The molecule has 2 N–H and O–H groups in total. The molecule has 0 amide bonds. The van der Waals surface area contributed by atoms with E-state index in [1.165, 1.54) is 32.1 Å². The van der Waals surface area contributed by atoms with Crippen LogP contribution in [0.1, 0.15) is 32.1 Å². The summed E-state index contributed by atoms with van der Waals surface area (Å²) < 4.78 is 0. The number of nitrogens with two attached hydrogens (primary N) is 1. The van der Waals surface area contributed by atoms with Gasteiger partial charge in [0, 0.05) is 0 Å². The van der Waals surface area contributed by atoms with Gasteiger partial charge in [-0.1, -0.05) is 0 Å². The molecular weight excluding hydrogens is 150 g/mol. The number of hydrogen-bond acceptors (Lipinski definition) is 2. The van der Waals surface area contributed by atoms with Gasteiger partial charge in [0.15, 0.2) is 0 Å². The van der Waals surface area contributed by atoms with Crippen molar-refractivity contribution in [1.29, 1.82) is 0 Å². The molecule has 2 atom stereocenters. The molecule has 2 bridgehead atoms. The van der Waals surface area contributed by atoms with E-state index in [2.05, 4.69) is 0 Å². The molecule has 0 aromatic carbocycles. The standard InChI is InChI=1S/C10H15NO/c11-12-9-3-7-1-6-2-8(4-9)10(6,7)5-9/h6-8H,1-5,11H2. The van der Waals surface area contributed by atoms with E-state index in [0.29, 0.717) is 0 Å². The van der Waals surface area contributed by atoms with Crippen LogP contribution < -0.4 is 5.90 Å². The summed E-state index contributed by atoms with van der Waals surface area (Å²) in [6.45, 7) is 0. The van der Waals surface area contributed by atoms with Gasteiger partial charge in [0.25, 0.3) is 0 Å². The zero-order valence-corrected chi connectivity index (χ0v) is 7.25. The van der Waals surface area contributed by atoms with Crippen molar-refractivity contribution in [1.82, 2.24) is 0 Å². The van der Waals surface area contributed by atoms with Crippen molar-refractivity contribution in [2.45, 2.75) is 37.7 Å². The monoisotopic (exact) mass is 165 g/mol. The molecule has 0 aromatic rings. The predicted octanol–water partition coefficient (Wildman–Crippen LogP) is 1.46. The molecule has 4 aliphatic carbocycles. The van der Waals surface area contributed by atoms with Crippen LogP contribution in [0.3, 0.4) is 0 Å². The lowest BCUT2D eigenvalue weighted by Gasteiger charge is -2.66. The van der Waals surface area contributed by atoms with Crippen LogP contribution in [-0.4, -0.2) is 5.60 Å². The number of hydrogen-bond donors (Lipinski definition) is 1. The van der Waals surface area contributed by atoms with E-state index in [1.807, 2.05) is 0 Å². The largest absolute Gasteiger partial charge is 0.298 e. The minimum atomic E-state index is 0.139. The maximum absolute atomic E-state index is 5.44. The molecule has 2 heteroatoms. The number of rotatable bonds is 1. The van der Waals surface area contributed by atoms with Crippen LogP contribution in [0.5, 0.6) is 0 Å². The van der Waals surface area contributed by atoms with Gasteiger partial charge < -0.3 is 0 Å². The Kier molecular flexibility index (Phi) is 0.789. The molecule has 12 heavy (non-hydrogen) atoms. The highest BCUT2D eigenvalue weighted by atomic mass is 16.6. The molecule has 4 saturated carbocycles. The minimum absolute atomic E-state index is 0.139. The summed E-state index contributed by atoms with van der Waals surface area (Å²) in [5.41, 5.74) is 0.903. The molecule has 0 heterocycles. The van der Waals surface area contributed by atoms with Crippen LogP contribution in [0.25, 0.3) is 0 Å². The highest BCUT2D eigenvalue weighted by Crippen LogP contribution is 2.82. The highest BCUT2D eigenvalue weighted by molar-refractivity contribution is 5.27. The maximum Gasteiger partial charge on any atom is 0.0905 e. The highest BCUT2D eigenvalue weighted by Gasteiger charge is 2.78. The molecule has 0 aromatic heterocycles. The Balaban J connectivity index is 1.82. The van der Waals surface area contributed by atoms with E-state index in [9.17, 15) is 0 Å². The summed E-state index contributed by atoms with van der Waals surface area (Å²) in [7, 11) is 0. The summed E-state index contributed by atoms with van der Waals surface area (Å²) in [5.74, 6) is 8.51. The Morgan fingerprint density at radius 3 is 2.17 bits per heavy atom. The van der Waals surface area contributed by atoms with Crippen LogP contribution in [-0.2, 0) is 4.84 Å². The van der Waals surface area contributed by atoms with E-state index < -0.39 is 0 Å². The zero-order chi connectivity index (χ0) is 7.97. The van der Waals surface area contributed by atoms with Crippen molar-refractivity contribution < 1.29 is 4.84 Å². The summed E-state index contributed by atoms with van der Waals surface area (Å²) in [4.78, 5) is 5.26. The van der Waals surface area contributed by atoms with E-state index in [4.69, 9.17) is 10.7 Å². The average molecular weight is 165 g/mol. The van der Waals surface area contributed by atoms with Gasteiger partial charge in [0.2, 0.25) is 0 Å². The lowest BCUT2D eigenvalue weighted by Crippen LogP contribution is -2.59. The summed E-state index contributed by atoms with van der Waals surface area (Å²) in [5, 5.41) is 0. The molecule has 0 aliphatic heterocycles. The molecule has 4 aliphatic rings. The minimum Gasteiger partial charge on any atom is -0.298 e. The molecule has 2 nitrogen and oxygen atoms in total. The second-order valence-corrected chi connectivity index (χ2v) is 5.56. The Bertz CT molecular complexity index is 247. The van der Waals surface area contributed by atoms with Crippen molar-refractivity contribution in [3.63, 3.8) is 0 Å². The van der Waals surface area contributed by atoms with Crippen LogP contribution >= 0.6 is 0 Å². The maximum atomic E-state index is 5.44. The van der Waals surface area contributed by atoms with Gasteiger partial charge in [-0.05, 0) is 55.3 Å². The van der Waals surface area contributed by atoms with Crippen molar-refractivity contribution in [3.8, 4) is 0 Å². The fourth-order valence-electron chi connectivity index (χ4n) is 5.14. The second-order valence-electron chi connectivity index (χ2n) is 5.56. The Hall–Kier alpha value is -0.0800. The van der Waals surface area contributed by atoms with E-state index in [0.717, 1.165) is 23.2 Å². The summed E-state index contributed by atoms with van der Waals surface area (Å²) in [6, 6.07) is 0. The molecule has 66 valence electrons. The van der Waals surface area contributed by atoms with E-state index in [-0.39, 0.29) is 5.60 Å². The lowest BCUT2D eigenvalue weighted by molar-refractivity contribution is -0.182. The van der Waals surface area contributed by atoms with Crippen LogP contribution in [0.15, 0.2) is 0 Å². The van der Waals surface area contributed by atoms with Crippen molar-refractivity contribution in [2.24, 2.45) is 29.1 Å². The van der Waals surface area contributed by atoms with Gasteiger partial charge in [-0.25, -0.2) is 5.90 Å². The average Bonchev–Trinajstić information content (AvgIpc) is 2.49. The molecule has 2 unspecified atom stereocenters. The summed E-state index contributed by atoms with van der Waals surface area (Å²) in [6.07, 6.45) is 6.83. The Morgan fingerprint density at radius 1 is 1.08 bits per heavy atom. The molecule has 1 spiro atoms. The first-order chi connectivity index (χ1) is 5.79. The van der Waals surface area contributed by atoms with Gasteiger partial charge in [0.05, 0.1) is 5.60 Å². The van der Waals surface area contributed by atoms with Crippen LogP contribution in [0, 0.1) is 23.2 Å². The normalized spacial score (nSPS) is 70.2. The SMILES string of the molecule is NOC12CC3CC4CC(C1)C43C2. The quantitative estimate of drug-likeness (QED) is 0.597. The van der Waals surface area contributed by atoms with Gasteiger partial charge in [-0.3, -0.25) is 4.84 Å². The van der Waals surface area contributed by atoms with E-state index in [1.54, 1.807) is 0 Å². The van der Waals surface area contributed by atoms with Gasteiger partial charge in [0.1, 0.15) is 0 Å². The Morgan fingerprint density at radius 2 is 1.75 bits per heavy atom. The fraction of sp³-hybridized carbons (Fsp3) is 1.00. The number of fused-ring (bicyclic) bond motifs is 1. The third-order valence-corrected chi connectivity index (χ3v) is 5.53. The Labute approximate surface area is 72.4 Å². The predicted molar refractivity (Wildman–Crippen MR) is 44.0 cm³/mol. The fourth-order valence-corrected chi connectivity index (χ4v) is 5.14. The summed E-state index contributed by atoms with van der Waals surface area (Å²) >= 11 is 0. The van der Waals surface area contributed by atoms with Gasteiger partial charge >= 0.3 is 0 Å². The third-order valence-electron chi connectivity index (χ3n) is 5.53. The molecule has 4 fully saturated rings. The van der Waals surface area contributed by atoms with Crippen molar-refractivity contribution in [2.75, 3.05) is 0 Å². The van der Waals surface area contributed by atoms with Gasteiger partial charge in [-0.2, -0.15) is 0 Å². The zero-order valence-electron chi connectivity index (χ0n) is 7.25. The topological polar surface area (TPSA) is 35.2 Å². The molecule has 4 rings (SSSR count). The third kappa shape index (κ3) is 0.391. The smallest absolute Gasteiger partial charge is 0.0905 e. The first kappa shape index (κ1) is 6.39. The second kappa shape index (κ2) is 1.48. The van der Waals surface area contributed by atoms with Crippen LogP contribution in [0.2, 0.25) is 0 Å². The lowest BCUT2D eigenvalue weighted by atomic mass is 9.38. The van der Waals surface area contributed by atoms with Gasteiger partial charge in [-0.15, -0.1) is 0 Å². The van der Waals surface area contributed by atoms with E-state index >= 15 is 0 Å².